The molecule has 112 valence electrons. The third-order valence-corrected chi connectivity index (χ3v) is 3.86. The highest BCUT2D eigenvalue weighted by atomic mass is 35.5. The van der Waals surface area contributed by atoms with Crippen LogP contribution in [0, 0.1) is 0 Å². The smallest absolute Gasteiger partial charge is 0.0721 e. The zero-order valence-electron chi connectivity index (χ0n) is 12.5. The summed E-state index contributed by atoms with van der Waals surface area (Å²) < 4.78 is 5.69. The Balaban J connectivity index is 2.04. The Labute approximate surface area is 127 Å². The molecule has 0 aliphatic carbocycles. The van der Waals surface area contributed by atoms with Gasteiger partial charge in [0.05, 0.1) is 16.8 Å². The second-order valence-corrected chi connectivity index (χ2v) is 5.85. The molecule has 1 aliphatic heterocycles. The van der Waals surface area contributed by atoms with Crippen LogP contribution >= 0.6 is 11.6 Å². The van der Waals surface area contributed by atoms with Crippen molar-refractivity contribution in [1.29, 1.82) is 0 Å². The van der Waals surface area contributed by atoms with Gasteiger partial charge in [-0.05, 0) is 44.0 Å². The van der Waals surface area contributed by atoms with Crippen molar-refractivity contribution in [2.24, 2.45) is 0 Å². The molecule has 3 nitrogen and oxygen atoms in total. The van der Waals surface area contributed by atoms with E-state index in [2.05, 4.69) is 42.3 Å². The lowest BCUT2D eigenvalue weighted by molar-refractivity contribution is 0.0821. The molecule has 4 heteroatoms. The van der Waals surface area contributed by atoms with Gasteiger partial charge in [0, 0.05) is 26.2 Å². The van der Waals surface area contributed by atoms with Crippen molar-refractivity contribution in [3.05, 3.63) is 28.8 Å². The molecule has 1 fully saturated rings. The van der Waals surface area contributed by atoms with Gasteiger partial charge in [-0.3, -0.25) is 0 Å². The fourth-order valence-corrected chi connectivity index (χ4v) is 2.86. The molecular formula is C16H25ClN2O. The average molecular weight is 297 g/mol. The Morgan fingerprint density at radius 1 is 1.45 bits per heavy atom. The molecule has 0 spiro atoms. The molecular weight excluding hydrogens is 272 g/mol. The number of hydrogen-bond acceptors (Lipinski definition) is 3. The lowest BCUT2D eigenvalue weighted by Gasteiger charge is -2.25. The minimum Gasteiger partial charge on any atom is -0.377 e. The molecule has 20 heavy (non-hydrogen) atoms. The average Bonchev–Trinajstić information content (AvgIpc) is 2.64. The van der Waals surface area contributed by atoms with Gasteiger partial charge in [0.2, 0.25) is 0 Å². The number of anilines is 1. The SMILES string of the molecule is CCCNCc1ccc(N2CCCOC(C)C2)c(Cl)c1. The highest BCUT2D eigenvalue weighted by Gasteiger charge is 2.17. The zero-order valence-corrected chi connectivity index (χ0v) is 13.2. The van der Waals surface area contributed by atoms with Crippen LogP contribution in [0.5, 0.6) is 0 Å². The molecule has 0 amide bonds. The predicted octanol–water partition coefficient (Wildman–Crippen LogP) is 3.45. The third-order valence-electron chi connectivity index (χ3n) is 3.56. The zero-order chi connectivity index (χ0) is 14.4. The minimum atomic E-state index is 0.263. The first-order valence-corrected chi connectivity index (χ1v) is 7.94. The van der Waals surface area contributed by atoms with Crippen LogP contribution in [0.3, 0.4) is 0 Å². The van der Waals surface area contributed by atoms with Crippen LogP contribution in [-0.2, 0) is 11.3 Å². The lowest BCUT2D eigenvalue weighted by Crippen LogP contribution is -2.30. The number of nitrogens with zero attached hydrogens (tertiary/aromatic N) is 1. The van der Waals surface area contributed by atoms with Crippen molar-refractivity contribution in [1.82, 2.24) is 5.32 Å². The molecule has 1 N–H and O–H groups in total. The van der Waals surface area contributed by atoms with Gasteiger partial charge in [-0.25, -0.2) is 0 Å². The Morgan fingerprint density at radius 2 is 2.30 bits per heavy atom. The maximum atomic E-state index is 6.47. The Bertz CT molecular complexity index is 425. The Morgan fingerprint density at radius 3 is 3.05 bits per heavy atom. The molecule has 1 aromatic rings. The number of hydrogen-bond donors (Lipinski definition) is 1. The van der Waals surface area contributed by atoms with Crippen molar-refractivity contribution < 1.29 is 4.74 Å². The van der Waals surface area contributed by atoms with Gasteiger partial charge in [-0.15, -0.1) is 0 Å². The van der Waals surface area contributed by atoms with E-state index >= 15 is 0 Å². The molecule has 2 rings (SSSR count). The monoisotopic (exact) mass is 296 g/mol. The summed E-state index contributed by atoms with van der Waals surface area (Å²) in [6, 6.07) is 6.39. The number of halogens is 1. The maximum absolute atomic E-state index is 6.47. The first-order chi connectivity index (χ1) is 9.70. The van der Waals surface area contributed by atoms with Crippen molar-refractivity contribution >= 4 is 17.3 Å². The number of nitrogens with one attached hydrogen (secondary N) is 1. The number of rotatable bonds is 5. The quantitative estimate of drug-likeness (QED) is 0.842. The van der Waals surface area contributed by atoms with Crippen LogP contribution in [-0.4, -0.2) is 32.3 Å². The molecule has 1 heterocycles. The maximum Gasteiger partial charge on any atom is 0.0721 e. The van der Waals surface area contributed by atoms with Gasteiger partial charge in [-0.2, -0.15) is 0 Å². The van der Waals surface area contributed by atoms with Gasteiger partial charge < -0.3 is 15.0 Å². The summed E-state index contributed by atoms with van der Waals surface area (Å²) in [4.78, 5) is 2.34. The first-order valence-electron chi connectivity index (χ1n) is 7.56. The highest BCUT2D eigenvalue weighted by molar-refractivity contribution is 6.33. The molecule has 1 unspecified atom stereocenters. The molecule has 1 saturated heterocycles. The standard InChI is InChI=1S/C16H25ClN2O/c1-3-7-18-11-14-5-6-16(15(17)10-14)19-8-4-9-20-13(2)12-19/h5-6,10,13,18H,3-4,7-9,11-12H2,1-2H3. The second-order valence-electron chi connectivity index (χ2n) is 5.44. The fourth-order valence-electron chi connectivity index (χ4n) is 2.54. The van der Waals surface area contributed by atoms with E-state index in [0.717, 1.165) is 56.3 Å². The van der Waals surface area contributed by atoms with Crippen LogP contribution in [0.2, 0.25) is 5.02 Å². The van der Waals surface area contributed by atoms with Crippen LogP contribution < -0.4 is 10.2 Å². The third kappa shape index (κ3) is 4.37. The van der Waals surface area contributed by atoms with E-state index in [1.165, 1.54) is 5.56 Å². The molecule has 1 aliphatic rings. The van der Waals surface area contributed by atoms with Gasteiger partial charge in [0.25, 0.3) is 0 Å². The normalized spacial score (nSPS) is 19.9. The Hall–Kier alpha value is -0.770. The van der Waals surface area contributed by atoms with E-state index in [9.17, 15) is 0 Å². The summed E-state index contributed by atoms with van der Waals surface area (Å²) in [5.41, 5.74) is 2.37. The van der Waals surface area contributed by atoms with E-state index in [-0.39, 0.29) is 6.10 Å². The lowest BCUT2D eigenvalue weighted by atomic mass is 10.1. The summed E-state index contributed by atoms with van der Waals surface area (Å²) in [6.07, 6.45) is 2.47. The second kappa shape index (κ2) is 7.87. The summed E-state index contributed by atoms with van der Waals surface area (Å²) in [6.45, 7) is 8.98. The summed E-state index contributed by atoms with van der Waals surface area (Å²) in [7, 11) is 0. The van der Waals surface area contributed by atoms with Crippen LogP contribution in [0.1, 0.15) is 32.3 Å². The van der Waals surface area contributed by atoms with Crippen molar-refractivity contribution in [2.45, 2.75) is 39.3 Å². The van der Waals surface area contributed by atoms with E-state index in [1.807, 2.05) is 0 Å². The highest BCUT2D eigenvalue weighted by Crippen LogP contribution is 2.28. The number of ether oxygens (including phenoxy) is 1. The van der Waals surface area contributed by atoms with E-state index < -0.39 is 0 Å². The molecule has 0 radical (unpaired) electrons. The summed E-state index contributed by atoms with van der Waals surface area (Å²) in [5.74, 6) is 0. The summed E-state index contributed by atoms with van der Waals surface area (Å²) >= 11 is 6.47. The van der Waals surface area contributed by atoms with E-state index in [1.54, 1.807) is 0 Å². The summed E-state index contributed by atoms with van der Waals surface area (Å²) in [5, 5.41) is 4.24. The largest absolute Gasteiger partial charge is 0.377 e. The van der Waals surface area contributed by atoms with Crippen molar-refractivity contribution in [3.8, 4) is 0 Å². The van der Waals surface area contributed by atoms with Crippen molar-refractivity contribution in [3.63, 3.8) is 0 Å². The molecule has 1 aromatic carbocycles. The predicted molar refractivity (Wildman–Crippen MR) is 85.7 cm³/mol. The van der Waals surface area contributed by atoms with Gasteiger partial charge >= 0.3 is 0 Å². The Kier molecular flexibility index (Phi) is 6.14. The molecule has 0 aromatic heterocycles. The number of benzene rings is 1. The van der Waals surface area contributed by atoms with E-state index in [4.69, 9.17) is 16.3 Å². The van der Waals surface area contributed by atoms with E-state index in [0.29, 0.717) is 0 Å². The van der Waals surface area contributed by atoms with Gasteiger partial charge in [0.15, 0.2) is 0 Å². The molecule has 0 bridgehead atoms. The van der Waals surface area contributed by atoms with Gasteiger partial charge in [-0.1, -0.05) is 24.6 Å². The molecule has 1 atom stereocenters. The van der Waals surface area contributed by atoms with Crippen LogP contribution in [0.4, 0.5) is 5.69 Å². The van der Waals surface area contributed by atoms with Crippen molar-refractivity contribution in [2.75, 3.05) is 31.1 Å². The van der Waals surface area contributed by atoms with Crippen LogP contribution in [0.25, 0.3) is 0 Å². The van der Waals surface area contributed by atoms with Crippen LogP contribution in [0.15, 0.2) is 18.2 Å². The minimum absolute atomic E-state index is 0.263. The topological polar surface area (TPSA) is 24.5 Å². The van der Waals surface area contributed by atoms with Gasteiger partial charge in [0.1, 0.15) is 0 Å². The fraction of sp³-hybridized carbons (Fsp3) is 0.625. The first kappa shape index (κ1) is 15.6. The molecule has 0 saturated carbocycles.